The highest BCUT2D eigenvalue weighted by Gasteiger charge is 2.35. The van der Waals surface area contributed by atoms with Gasteiger partial charge < -0.3 is 9.47 Å². The molecule has 4 rings (SSSR count). The summed E-state index contributed by atoms with van der Waals surface area (Å²) in [7, 11) is 0. The van der Waals surface area contributed by atoms with Crippen LogP contribution < -0.4 is 5.56 Å². The molecule has 3 atom stereocenters. The topological polar surface area (TPSA) is 53.4 Å². The summed E-state index contributed by atoms with van der Waals surface area (Å²) in [5.41, 5.74) is 0.710. The first-order chi connectivity index (χ1) is 10.3. The van der Waals surface area contributed by atoms with Gasteiger partial charge in [0.05, 0.1) is 42.6 Å². The van der Waals surface area contributed by atoms with E-state index in [1.807, 2.05) is 30.3 Å². The molecule has 5 nitrogen and oxygen atoms in total. The van der Waals surface area contributed by atoms with Gasteiger partial charge in [-0.3, -0.25) is 9.36 Å². The van der Waals surface area contributed by atoms with E-state index in [4.69, 9.17) is 9.47 Å². The summed E-state index contributed by atoms with van der Waals surface area (Å²) >= 11 is 0. The Morgan fingerprint density at radius 2 is 2.24 bits per heavy atom. The van der Waals surface area contributed by atoms with Crippen LogP contribution in [0.5, 0.6) is 0 Å². The van der Waals surface area contributed by atoms with Crippen LogP contribution in [0.2, 0.25) is 0 Å². The first kappa shape index (κ1) is 12.7. The number of para-hydroxylation sites is 1. The van der Waals surface area contributed by atoms with Gasteiger partial charge in [-0.25, -0.2) is 4.98 Å². The zero-order valence-corrected chi connectivity index (χ0v) is 11.5. The molecular weight excluding hydrogens is 268 g/mol. The zero-order chi connectivity index (χ0) is 14.2. The molecule has 0 N–H and O–H groups in total. The summed E-state index contributed by atoms with van der Waals surface area (Å²) in [6.45, 7) is 1.16. The lowest BCUT2D eigenvalue weighted by atomic mass is 10.1. The van der Waals surface area contributed by atoms with Crippen LogP contribution in [0.4, 0.5) is 0 Å². The van der Waals surface area contributed by atoms with E-state index in [-0.39, 0.29) is 23.9 Å². The Morgan fingerprint density at radius 3 is 3.14 bits per heavy atom. The van der Waals surface area contributed by atoms with Crippen molar-refractivity contribution < 1.29 is 9.47 Å². The van der Waals surface area contributed by atoms with Crippen molar-refractivity contribution in [3.63, 3.8) is 0 Å². The highest BCUT2D eigenvalue weighted by Crippen LogP contribution is 2.27. The largest absolute Gasteiger partial charge is 0.371 e. The van der Waals surface area contributed by atoms with Crippen LogP contribution in [0.15, 0.2) is 47.5 Å². The predicted molar refractivity (Wildman–Crippen MR) is 78.2 cm³/mol. The quantitative estimate of drug-likeness (QED) is 0.784. The minimum Gasteiger partial charge on any atom is -0.371 e. The molecule has 5 heteroatoms. The Bertz CT molecular complexity index is 753. The van der Waals surface area contributed by atoms with Crippen molar-refractivity contribution in [2.45, 2.75) is 31.3 Å². The standard InChI is InChI=1S/C16H16N2O3/c19-16-12-4-1-2-5-13(12)17-10-18(16)9-11-8-15-14(21-11)6-3-7-20-15/h1-6,10-11,14-15H,7-9H2/t11-,14+,15+/m0/s1. The molecule has 108 valence electrons. The highest BCUT2D eigenvalue weighted by molar-refractivity contribution is 5.76. The fourth-order valence-electron chi connectivity index (χ4n) is 3.03. The molecule has 1 saturated heterocycles. The van der Waals surface area contributed by atoms with Gasteiger partial charge in [0, 0.05) is 6.42 Å². The van der Waals surface area contributed by atoms with Crippen molar-refractivity contribution in [1.82, 2.24) is 9.55 Å². The maximum atomic E-state index is 12.5. The first-order valence-corrected chi connectivity index (χ1v) is 7.19. The molecule has 2 aliphatic rings. The van der Waals surface area contributed by atoms with E-state index in [2.05, 4.69) is 11.1 Å². The van der Waals surface area contributed by atoms with Gasteiger partial charge in [-0.2, -0.15) is 0 Å². The molecule has 0 bridgehead atoms. The summed E-state index contributed by atoms with van der Waals surface area (Å²) in [5.74, 6) is 0. The lowest BCUT2D eigenvalue weighted by molar-refractivity contribution is -0.00161. The molecule has 0 saturated carbocycles. The smallest absolute Gasteiger partial charge is 0.261 e. The third-order valence-corrected chi connectivity index (χ3v) is 4.08. The van der Waals surface area contributed by atoms with Crippen LogP contribution in [-0.2, 0) is 16.0 Å². The number of ether oxygens (including phenoxy) is 2. The third kappa shape index (κ3) is 2.28. The molecule has 0 radical (unpaired) electrons. The van der Waals surface area contributed by atoms with Gasteiger partial charge in [0.2, 0.25) is 0 Å². The maximum Gasteiger partial charge on any atom is 0.261 e. The van der Waals surface area contributed by atoms with Crippen molar-refractivity contribution in [3.8, 4) is 0 Å². The van der Waals surface area contributed by atoms with Crippen LogP contribution in [-0.4, -0.2) is 34.5 Å². The average molecular weight is 284 g/mol. The molecular formula is C16H16N2O3. The molecule has 2 aromatic rings. The lowest BCUT2D eigenvalue weighted by Crippen LogP contribution is -2.27. The van der Waals surface area contributed by atoms with Gasteiger partial charge in [-0.15, -0.1) is 0 Å². The van der Waals surface area contributed by atoms with E-state index < -0.39 is 0 Å². The van der Waals surface area contributed by atoms with Gasteiger partial charge in [0.15, 0.2) is 0 Å². The van der Waals surface area contributed by atoms with E-state index in [0.717, 1.165) is 11.9 Å². The van der Waals surface area contributed by atoms with E-state index >= 15 is 0 Å². The van der Waals surface area contributed by atoms with Crippen molar-refractivity contribution in [2.24, 2.45) is 0 Å². The van der Waals surface area contributed by atoms with Crippen LogP contribution in [0, 0.1) is 0 Å². The van der Waals surface area contributed by atoms with Gasteiger partial charge in [-0.05, 0) is 12.1 Å². The normalized spacial score (nSPS) is 27.9. The number of nitrogens with zero attached hydrogens (tertiary/aromatic N) is 2. The Morgan fingerprint density at radius 1 is 1.33 bits per heavy atom. The van der Waals surface area contributed by atoms with Crippen molar-refractivity contribution >= 4 is 10.9 Å². The number of hydrogen-bond donors (Lipinski definition) is 0. The van der Waals surface area contributed by atoms with Gasteiger partial charge >= 0.3 is 0 Å². The van der Waals surface area contributed by atoms with Gasteiger partial charge in [0.25, 0.3) is 5.56 Å². The second-order valence-corrected chi connectivity index (χ2v) is 5.48. The second kappa shape index (κ2) is 5.09. The fraction of sp³-hybridized carbons (Fsp3) is 0.375. The van der Waals surface area contributed by atoms with E-state index in [0.29, 0.717) is 18.5 Å². The summed E-state index contributed by atoms with van der Waals surface area (Å²) in [4.78, 5) is 16.8. The Hall–Kier alpha value is -1.98. The molecule has 1 aromatic carbocycles. The van der Waals surface area contributed by atoms with Crippen molar-refractivity contribution in [1.29, 1.82) is 0 Å². The molecule has 21 heavy (non-hydrogen) atoms. The van der Waals surface area contributed by atoms with Crippen LogP contribution in [0.1, 0.15) is 6.42 Å². The maximum absolute atomic E-state index is 12.5. The predicted octanol–water partition coefficient (Wildman–Crippen LogP) is 1.51. The number of fused-ring (bicyclic) bond motifs is 2. The first-order valence-electron chi connectivity index (χ1n) is 7.19. The molecule has 0 spiro atoms. The van der Waals surface area contributed by atoms with E-state index in [9.17, 15) is 4.79 Å². The minimum absolute atomic E-state index is 0.0107. The van der Waals surface area contributed by atoms with Crippen molar-refractivity contribution in [2.75, 3.05) is 6.61 Å². The Kier molecular flexibility index (Phi) is 3.09. The van der Waals surface area contributed by atoms with Crippen LogP contribution >= 0.6 is 0 Å². The van der Waals surface area contributed by atoms with E-state index in [1.54, 1.807) is 10.9 Å². The number of rotatable bonds is 2. The molecule has 3 heterocycles. The number of benzene rings is 1. The van der Waals surface area contributed by atoms with Crippen LogP contribution in [0.25, 0.3) is 10.9 Å². The Labute approximate surface area is 121 Å². The Balaban J connectivity index is 1.59. The summed E-state index contributed by atoms with van der Waals surface area (Å²) < 4.78 is 13.2. The molecule has 0 aliphatic carbocycles. The number of aromatic nitrogens is 2. The molecule has 1 aromatic heterocycles. The fourth-order valence-corrected chi connectivity index (χ4v) is 3.03. The van der Waals surface area contributed by atoms with Gasteiger partial charge in [0.1, 0.15) is 6.10 Å². The van der Waals surface area contributed by atoms with Crippen LogP contribution in [0.3, 0.4) is 0 Å². The average Bonchev–Trinajstić information content (AvgIpc) is 2.93. The summed E-state index contributed by atoms with van der Waals surface area (Å²) in [5, 5.41) is 0.645. The van der Waals surface area contributed by atoms with Crippen molar-refractivity contribution in [3.05, 3.63) is 53.1 Å². The van der Waals surface area contributed by atoms with Gasteiger partial charge in [-0.1, -0.05) is 24.3 Å². The molecule has 0 unspecified atom stereocenters. The lowest BCUT2D eigenvalue weighted by Gasteiger charge is -2.18. The minimum atomic E-state index is -0.0180. The molecule has 0 amide bonds. The highest BCUT2D eigenvalue weighted by atomic mass is 16.6. The number of hydrogen-bond acceptors (Lipinski definition) is 4. The summed E-state index contributed by atoms with van der Waals surface area (Å²) in [6.07, 6.45) is 6.57. The third-order valence-electron chi connectivity index (χ3n) is 4.08. The SMILES string of the molecule is O=c1c2ccccc2ncn1C[C@@H]1C[C@H]2OCC=C[C@H]2O1. The van der Waals surface area contributed by atoms with E-state index in [1.165, 1.54) is 0 Å². The molecule has 1 fully saturated rings. The molecule has 2 aliphatic heterocycles. The zero-order valence-electron chi connectivity index (χ0n) is 11.5. The second-order valence-electron chi connectivity index (χ2n) is 5.48. The summed E-state index contributed by atoms with van der Waals surface area (Å²) in [6, 6.07) is 7.39. The monoisotopic (exact) mass is 284 g/mol.